The largest absolute Gasteiger partial charge is 0.486 e. The first kappa shape index (κ1) is 21.8. The summed E-state index contributed by atoms with van der Waals surface area (Å²) in [5.41, 5.74) is 5.57. The van der Waals surface area contributed by atoms with Crippen molar-refractivity contribution < 1.29 is 18.7 Å². The van der Waals surface area contributed by atoms with Crippen LogP contribution in [-0.4, -0.2) is 15.7 Å². The molecular weight excluding hydrogens is 430 g/mol. The number of benzene rings is 2. The number of nitrogens with zero attached hydrogens (tertiary/aromatic N) is 2. The van der Waals surface area contributed by atoms with Crippen molar-refractivity contribution in [2.24, 2.45) is 0 Å². The van der Waals surface area contributed by atoms with Crippen LogP contribution in [0.3, 0.4) is 0 Å². The molecule has 0 spiro atoms. The second-order valence-electron chi connectivity index (χ2n) is 8.60. The number of amides is 1. The number of hydrogen-bond donors (Lipinski definition) is 1. The summed E-state index contributed by atoms with van der Waals surface area (Å²) in [5.74, 6) is 2.07. The molecule has 174 valence electrons. The molecule has 34 heavy (non-hydrogen) atoms. The van der Waals surface area contributed by atoms with Crippen LogP contribution in [0, 0.1) is 13.8 Å². The molecule has 7 nitrogen and oxygen atoms in total. The van der Waals surface area contributed by atoms with E-state index in [0.29, 0.717) is 11.4 Å². The molecule has 1 aliphatic carbocycles. The van der Waals surface area contributed by atoms with Crippen molar-refractivity contribution in [3.63, 3.8) is 0 Å². The van der Waals surface area contributed by atoms with Crippen molar-refractivity contribution in [1.29, 1.82) is 0 Å². The Bertz CT molecular complexity index is 1320. The van der Waals surface area contributed by atoms with Gasteiger partial charge in [-0.05, 0) is 80.1 Å². The molecule has 2 heterocycles. The number of aryl methyl sites for hydroxylation is 4. The van der Waals surface area contributed by atoms with Gasteiger partial charge in [-0.15, -0.1) is 0 Å². The van der Waals surface area contributed by atoms with Crippen LogP contribution in [0.15, 0.2) is 65.3 Å². The lowest BCUT2D eigenvalue weighted by Crippen LogP contribution is -2.10. The van der Waals surface area contributed by atoms with E-state index in [1.54, 1.807) is 29.2 Å². The molecule has 2 aromatic heterocycles. The van der Waals surface area contributed by atoms with Crippen LogP contribution in [0.2, 0.25) is 0 Å². The Labute approximate surface area is 198 Å². The van der Waals surface area contributed by atoms with E-state index < -0.39 is 0 Å². The van der Waals surface area contributed by atoms with Gasteiger partial charge in [0, 0.05) is 0 Å². The van der Waals surface area contributed by atoms with Crippen LogP contribution in [-0.2, 0) is 26.2 Å². The summed E-state index contributed by atoms with van der Waals surface area (Å²) in [6, 6.07) is 15.6. The normalized spacial score (nSPS) is 12.4. The Morgan fingerprint density at radius 1 is 1.06 bits per heavy atom. The molecule has 0 fully saturated rings. The van der Waals surface area contributed by atoms with E-state index in [-0.39, 0.29) is 25.0 Å². The van der Waals surface area contributed by atoms with E-state index in [1.807, 2.05) is 32.0 Å². The lowest BCUT2D eigenvalue weighted by Gasteiger charge is -2.09. The van der Waals surface area contributed by atoms with Crippen LogP contribution < -0.4 is 14.8 Å². The van der Waals surface area contributed by atoms with Crippen molar-refractivity contribution in [2.45, 2.75) is 46.4 Å². The summed E-state index contributed by atoms with van der Waals surface area (Å²) in [5, 5.41) is 7.04. The lowest BCUT2D eigenvalue weighted by atomic mass is 10.1. The number of hydrogen-bond acceptors (Lipinski definition) is 5. The fourth-order valence-corrected chi connectivity index (χ4v) is 4.16. The van der Waals surface area contributed by atoms with Gasteiger partial charge < -0.3 is 19.2 Å². The van der Waals surface area contributed by atoms with Crippen LogP contribution >= 0.6 is 0 Å². The molecule has 0 radical (unpaired) electrons. The average molecular weight is 458 g/mol. The van der Waals surface area contributed by atoms with Gasteiger partial charge in [0.15, 0.2) is 12.5 Å². The third kappa shape index (κ3) is 4.98. The van der Waals surface area contributed by atoms with Crippen molar-refractivity contribution >= 4 is 11.6 Å². The minimum absolute atomic E-state index is 0.215. The Balaban J connectivity index is 1.13. The van der Waals surface area contributed by atoms with E-state index in [0.717, 1.165) is 29.9 Å². The topological polar surface area (TPSA) is 78.5 Å². The number of fused-ring (bicyclic) bond motifs is 1. The van der Waals surface area contributed by atoms with Gasteiger partial charge in [0.2, 0.25) is 0 Å². The van der Waals surface area contributed by atoms with E-state index in [4.69, 9.17) is 13.9 Å². The highest BCUT2D eigenvalue weighted by atomic mass is 16.5. The summed E-state index contributed by atoms with van der Waals surface area (Å²) in [6.45, 7) is 4.55. The second-order valence-corrected chi connectivity index (χ2v) is 8.60. The number of ether oxygens (including phenoxy) is 2. The predicted molar refractivity (Wildman–Crippen MR) is 128 cm³/mol. The first-order chi connectivity index (χ1) is 16.5. The van der Waals surface area contributed by atoms with E-state index in [1.165, 1.54) is 23.1 Å². The average Bonchev–Trinajstić information content (AvgIpc) is 3.57. The molecule has 7 heteroatoms. The van der Waals surface area contributed by atoms with Crippen molar-refractivity contribution in [3.05, 3.63) is 94.7 Å². The summed E-state index contributed by atoms with van der Waals surface area (Å²) in [6.07, 6.45) is 6.73. The Morgan fingerprint density at radius 3 is 2.82 bits per heavy atom. The molecule has 0 aliphatic heterocycles. The molecule has 0 atom stereocenters. The molecule has 1 amide bonds. The molecule has 0 saturated heterocycles. The zero-order chi connectivity index (χ0) is 23.5. The minimum atomic E-state index is -0.348. The van der Waals surface area contributed by atoms with E-state index in [9.17, 15) is 4.79 Å². The second kappa shape index (κ2) is 9.47. The van der Waals surface area contributed by atoms with E-state index in [2.05, 4.69) is 28.6 Å². The molecule has 2 aromatic carbocycles. The van der Waals surface area contributed by atoms with E-state index >= 15 is 0 Å². The number of anilines is 1. The summed E-state index contributed by atoms with van der Waals surface area (Å²) in [4.78, 5) is 12.6. The van der Waals surface area contributed by atoms with Gasteiger partial charge in [0.25, 0.3) is 5.91 Å². The SMILES string of the molecule is Cc1ccc(OCn2cc(NC(=O)c3ccc(COc4ccc5c(c4)CCC5)o3)cn2)c(C)c1. The fourth-order valence-electron chi connectivity index (χ4n) is 4.16. The number of rotatable bonds is 8. The van der Waals surface area contributed by atoms with Gasteiger partial charge in [-0.2, -0.15) is 5.10 Å². The van der Waals surface area contributed by atoms with Gasteiger partial charge in [-0.3, -0.25) is 4.79 Å². The van der Waals surface area contributed by atoms with Crippen LogP contribution in [0.1, 0.15) is 45.0 Å². The molecule has 5 rings (SSSR count). The number of carbonyl (C=O) groups is 1. The van der Waals surface area contributed by atoms with Gasteiger partial charge in [-0.25, -0.2) is 4.68 Å². The molecule has 1 aliphatic rings. The third-order valence-corrected chi connectivity index (χ3v) is 5.91. The Kier molecular flexibility index (Phi) is 6.08. The number of carbonyl (C=O) groups excluding carboxylic acids is 1. The maximum atomic E-state index is 12.6. The quantitative estimate of drug-likeness (QED) is 0.381. The highest BCUT2D eigenvalue weighted by Gasteiger charge is 2.14. The Morgan fingerprint density at radius 2 is 1.94 bits per heavy atom. The van der Waals surface area contributed by atoms with Crippen molar-refractivity contribution in [3.8, 4) is 11.5 Å². The number of aromatic nitrogens is 2. The standard InChI is InChI=1S/C27H27N3O4/c1-18-6-10-25(19(2)12-18)33-17-30-15-22(14-28-30)29-27(31)26-11-9-24(34-26)16-32-23-8-7-20-4-3-5-21(20)13-23/h6-15H,3-5,16-17H2,1-2H3,(H,29,31). The summed E-state index contributed by atoms with van der Waals surface area (Å²) < 4.78 is 19.0. The molecule has 0 unspecified atom stereocenters. The van der Waals surface area contributed by atoms with Crippen LogP contribution in [0.25, 0.3) is 0 Å². The molecule has 1 N–H and O–H groups in total. The highest BCUT2D eigenvalue weighted by Crippen LogP contribution is 2.26. The molecule has 0 saturated carbocycles. The monoisotopic (exact) mass is 457 g/mol. The Hall–Kier alpha value is -4.00. The highest BCUT2D eigenvalue weighted by molar-refractivity contribution is 6.02. The number of furan rings is 1. The number of nitrogens with one attached hydrogen (secondary N) is 1. The predicted octanol–water partition coefficient (Wildman–Crippen LogP) is 5.45. The van der Waals surface area contributed by atoms with Gasteiger partial charge in [0.1, 0.15) is 23.9 Å². The zero-order valence-electron chi connectivity index (χ0n) is 19.3. The van der Waals surface area contributed by atoms with Crippen molar-refractivity contribution in [1.82, 2.24) is 9.78 Å². The maximum absolute atomic E-state index is 12.6. The maximum Gasteiger partial charge on any atom is 0.291 e. The van der Waals surface area contributed by atoms with Gasteiger partial charge in [0.05, 0.1) is 18.1 Å². The van der Waals surface area contributed by atoms with Crippen molar-refractivity contribution in [2.75, 3.05) is 5.32 Å². The third-order valence-electron chi connectivity index (χ3n) is 5.91. The minimum Gasteiger partial charge on any atom is -0.486 e. The fraction of sp³-hybridized carbons (Fsp3) is 0.259. The molecular formula is C27H27N3O4. The first-order valence-electron chi connectivity index (χ1n) is 11.4. The molecule has 0 bridgehead atoms. The molecule has 4 aromatic rings. The van der Waals surface area contributed by atoms with Gasteiger partial charge in [-0.1, -0.05) is 23.8 Å². The smallest absolute Gasteiger partial charge is 0.291 e. The van der Waals surface area contributed by atoms with Gasteiger partial charge >= 0.3 is 0 Å². The summed E-state index contributed by atoms with van der Waals surface area (Å²) >= 11 is 0. The lowest BCUT2D eigenvalue weighted by molar-refractivity contribution is 0.0992. The van der Waals surface area contributed by atoms with Crippen LogP contribution in [0.5, 0.6) is 11.5 Å². The zero-order valence-corrected chi connectivity index (χ0v) is 19.3. The first-order valence-corrected chi connectivity index (χ1v) is 11.4. The summed E-state index contributed by atoms with van der Waals surface area (Å²) in [7, 11) is 0. The van der Waals surface area contributed by atoms with Crippen LogP contribution in [0.4, 0.5) is 5.69 Å².